The van der Waals surface area contributed by atoms with Gasteiger partial charge < -0.3 is 10.5 Å². The summed E-state index contributed by atoms with van der Waals surface area (Å²) >= 11 is 3.53. The number of benzene rings is 2. The Morgan fingerprint density at radius 2 is 1.76 bits per heavy atom. The van der Waals surface area contributed by atoms with Gasteiger partial charge in [0.2, 0.25) is 0 Å². The van der Waals surface area contributed by atoms with Gasteiger partial charge in [0.25, 0.3) is 0 Å². The first kappa shape index (κ1) is 16.3. The summed E-state index contributed by atoms with van der Waals surface area (Å²) in [6.07, 6.45) is 2.10. The maximum absolute atomic E-state index is 6.03. The third-order valence-corrected chi connectivity index (χ3v) is 5.42. The minimum absolute atomic E-state index is 0.150. The molecule has 2 N–H and O–H groups in total. The number of rotatable bonds is 6. The molecule has 0 aliphatic heterocycles. The summed E-state index contributed by atoms with van der Waals surface area (Å²) < 4.78 is 5.25. The molecule has 2 aromatic carbocycles. The van der Waals surface area contributed by atoms with E-state index in [4.69, 9.17) is 10.5 Å². The van der Waals surface area contributed by atoms with Gasteiger partial charge in [-0.15, -0.1) is 0 Å². The van der Waals surface area contributed by atoms with Gasteiger partial charge in [0, 0.05) is 21.1 Å². The summed E-state index contributed by atoms with van der Waals surface area (Å²) in [5.41, 5.74) is 7.32. The van der Waals surface area contributed by atoms with Crippen molar-refractivity contribution in [2.45, 2.75) is 28.0 Å². The van der Waals surface area contributed by atoms with Crippen molar-refractivity contribution in [3.63, 3.8) is 0 Å². The molecule has 2 nitrogen and oxygen atoms in total. The van der Waals surface area contributed by atoms with Crippen LogP contribution >= 0.6 is 23.5 Å². The van der Waals surface area contributed by atoms with Crippen molar-refractivity contribution in [2.24, 2.45) is 5.73 Å². The van der Waals surface area contributed by atoms with E-state index < -0.39 is 0 Å². The minimum Gasteiger partial charge on any atom is -0.497 e. The average Bonchev–Trinajstić information content (AvgIpc) is 2.49. The van der Waals surface area contributed by atoms with Crippen molar-refractivity contribution >= 4 is 23.5 Å². The zero-order chi connectivity index (χ0) is 15.2. The van der Waals surface area contributed by atoms with E-state index in [2.05, 4.69) is 43.5 Å². The molecule has 0 saturated carbocycles. The van der Waals surface area contributed by atoms with E-state index in [9.17, 15) is 0 Å². The van der Waals surface area contributed by atoms with Crippen molar-refractivity contribution in [3.8, 4) is 5.75 Å². The van der Waals surface area contributed by atoms with Gasteiger partial charge in [-0.05, 0) is 49.1 Å². The molecule has 0 amide bonds. The number of hydrogen-bond acceptors (Lipinski definition) is 4. The number of thioether (sulfide) groups is 1. The zero-order valence-electron chi connectivity index (χ0n) is 12.6. The highest BCUT2D eigenvalue weighted by atomic mass is 32.2. The lowest BCUT2D eigenvalue weighted by molar-refractivity contribution is 0.413. The Kier molecular flexibility index (Phi) is 6.03. The Labute approximate surface area is 135 Å². The molecule has 4 heteroatoms. The summed E-state index contributed by atoms with van der Waals surface area (Å²) in [6.45, 7) is 2.06. The van der Waals surface area contributed by atoms with E-state index in [-0.39, 0.29) is 6.04 Å². The van der Waals surface area contributed by atoms with Crippen molar-refractivity contribution in [1.82, 2.24) is 0 Å². The molecule has 0 radical (unpaired) electrons. The van der Waals surface area contributed by atoms with E-state index in [1.165, 1.54) is 15.4 Å². The van der Waals surface area contributed by atoms with Crippen molar-refractivity contribution < 1.29 is 4.74 Å². The lowest BCUT2D eigenvalue weighted by Gasteiger charge is -2.19. The van der Waals surface area contributed by atoms with Crippen molar-refractivity contribution in [1.29, 1.82) is 0 Å². The van der Waals surface area contributed by atoms with E-state index in [1.54, 1.807) is 30.6 Å². The number of methoxy groups -OCH3 is 1. The van der Waals surface area contributed by atoms with Gasteiger partial charge in [0.1, 0.15) is 5.75 Å². The fraction of sp³-hybridized carbons (Fsp3) is 0.294. The minimum atomic E-state index is 0.150. The Balaban J connectivity index is 2.11. The molecule has 0 heterocycles. The lowest BCUT2D eigenvalue weighted by atomic mass is 10.1. The van der Waals surface area contributed by atoms with Crippen LogP contribution in [-0.2, 0) is 0 Å². The number of ether oxygens (including phenoxy) is 1. The van der Waals surface area contributed by atoms with Gasteiger partial charge in [0.05, 0.1) is 7.11 Å². The molecule has 0 bridgehead atoms. The maximum Gasteiger partial charge on any atom is 0.119 e. The van der Waals surface area contributed by atoms with E-state index in [0.717, 1.165) is 5.75 Å². The monoisotopic (exact) mass is 319 g/mol. The van der Waals surface area contributed by atoms with E-state index in [1.807, 2.05) is 18.2 Å². The normalized spacial score (nSPS) is 13.7. The van der Waals surface area contributed by atoms with Crippen LogP contribution in [0.5, 0.6) is 5.75 Å². The molecule has 2 atom stereocenters. The molecule has 2 rings (SSSR count). The Morgan fingerprint density at radius 1 is 1.05 bits per heavy atom. The van der Waals surface area contributed by atoms with Gasteiger partial charge in [-0.1, -0.05) is 30.0 Å². The smallest absolute Gasteiger partial charge is 0.119 e. The van der Waals surface area contributed by atoms with Gasteiger partial charge in [-0.3, -0.25) is 0 Å². The summed E-state index contributed by atoms with van der Waals surface area (Å²) in [5, 5.41) is 0.348. The second-order valence-corrected chi connectivity index (χ2v) is 6.99. The van der Waals surface area contributed by atoms with Crippen LogP contribution in [0.3, 0.4) is 0 Å². The van der Waals surface area contributed by atoms with Crippen LogP contribution in [0, 0.1) is 0 Å². The summed E-state index contributed by atoms with van der Waals surface area (Å²) in [5.74, 6) is 0.885. The molecule has 0 aliphatic carbocycles. The van der Waals surface area contributed by atoms with E-state index >= 15 is 0 Å². The fourth-order valence-corrected chi connectivity index (χ4v) is 3.91. The lowest BCUT2D eigenvalue weighted by Crippen LogP contribution is -2.22. The topological polar surface area (TPSA) is 35.2 Å². The quantitative estimate of drug-likeness (QED) is 0.844. The van der Waals surface area contributed by atoms with Crippen molar-refractivity contribution in [2.75, 3.05) is 13.4 Å². The number of hydrogen-bond donors (Lipinski definition) is 1. The summed E-state index contributed by atoms with van der Waals surface area (Å²) in [6, 6.07) is 16.9. The highest BCUT2D eigenvalue weighted by Crippen LogP contribution is 2.33. The molecular formula is C17H21NOS2. The molecule has 112 valence electrons. The molecule has 0 spiro atoms. The average molecular weight is 319 g/mol. The van der Waals surface area contributed by atoms with Crippen LogP contribution in [0.4, 0.5) is 0 Å². The third kappa shape index (κ3) is 4.43. The third-order valence-electron chi connectivity index (χ3n) is 3.22. The largest absolute Gasteiger partial charge is 0.497 e. The zero-order valence-corrected chi connectivity index (χ0v) is 14.2. The molecule has 0 aromatic heterocycles. The molecule has 2 unspecified atom stereocenters. The van der Waals surface area contributed by atoms with Gasteiger partial charge >= 0.3 is 0 Å². The summed E-state index contributed by atoms with van der Waals surface area (Å²) in [7, 11) is 1.69. The SMILES string of the molecule is COc1cccc(Sc2ccc(C(SC)C(C)N)cc2)c1. The first-order valence-corrected chi connectivity index (χ1v) is 8.94. The van der Waals surface area contributed by atoms with Crippen LogP contribution in [-0.4, -0.2) is 19.4 Å². The molecule has 0 fully saturated rings. The number of nitrogens with two attached hydrogens (primary N) is 1. The standard InChI is InChI=1S/C17H21NOS2/c1-12(18)17(20-3)13-7-9-15(10-8-13)21-16-6-4-5-14(11-16)19-2/h4-12,17H,18H2,1-3H3. The first-order valence-electron chi connectivity index (χ1n) is 6.84. The Bertz CT molecular complexity index is 569. The Morgan fingerprint density at radius 3 is 2.33 bits per heavy atom. The van der Waals surface area contributed by atoms with E-state index in [0.29, 0.717) is 5.25 Å². The van der Waals surface area contributed by atoms with Crippen LogP contribution in [0.1, 0.15) is 17.7 Å². The van der Waals surface area contributed by atoms with Crippen LogP contribution in [0.2, 0.25) is 0 Å². The highest BCUT2D eigenvalue weighted by molar-refractivity contribution is 7.99. The molecule has 0 aliphatic rings. The van der Waals surface area contributed by atoms with Crippen LogP contribution in [0.25, 0.3) is 0 Å². The Hall–Kier alpha value is -1.10. The van der Waals surface area contributed by atoms with Gasteiger partial charge in [0.15, 0.2) is 0 Å². The first-order chi connectivity index (χ1) is 10.1. The predicted molar refractivity (Wildman–Crippen MR) is 93.5 cm³/mol. The second kappa shape index (κ2) is 7.78. The summed E-state index contributed by atoms with van der Waals surface area (Å²) in [4.78, 5) is 2.40. The molecule has 21 heavy (non-hydrogen) atoms. The molecule has 0 saturated heterocycles. The molecular weight excluding hydrogens is 298 g/mol. The van der Waals surface area contributed by atoms with Crippen LogP contribution in [0.15, 0.2) is 58.3 Å². The maximum atomic E-state index is 6.03. The van der Waals surface area contributed by atoms with Crippen LogP contribution < -0.4 is 10.5 Å². The molecule has 2 aromatic rings. The predicted octanol–water partition coefficient (Wildman–Crippen LogP) is 4.60. The highest BCUT2D eigenvalue weighted by Gasteiger charge is 2.14. The van der Waals surface area contributed by atoms with Crippen molar-refractivity contribution in [3.05, 3.63) is 54.1 Å². The van der Waals surface area contributed by atoms with Gasteiger partial charge in [-0.25, -0.2) is 0 Å². The fourth-order valence-electron chi connectivity index (χ4n) is 2.18. The van der Waals surface area contributed by atoms with Gasteiger partial charge in [-0.2, -0.15) is 11.8 Å². The second-order valence-electron chi connectivity index (χ2n) is 4.87.